The molecule has 2 amide bonds. The minimum atomic E-state index is -0.854. The van der Waals surface area contributed by atoms with Gasteiger partial charge in [0.15, 0.2) is 0 Å². The molecule has 1 heterocycles. The van der Waals surface area contributed by atoms with Crippen molar-refractivity contribution in [3.8, 4) is 0 Å². The first-order chi connectivity index (χ1) is 10.1. The maximum absolute atomic E-state index is 12.2. The first-order valence-electron chi connectivity index (χ1n) is 7.45. The van der Waals surface area contributed by atoms with Crippen molar-refractivity contribution in [2.75, 3.05) is 0 Å². The number of carbonyl (C=O) groups is 2. The Morgan fingerprint density at radius 3 is 2.86 bits per heavy atom. The quantitative estimate of drug-likeness (QED) is 0.800. The van der Waals surface area contributed by atoms with Crippen LogP contribution < -0.4 is 10.6 Å². The lowest BCUT2D eigenvalue weighted by atomic mass is 9.74. The Kier molecular flexibility index (Phi) is 3.89. The van der Waals surface area contributed by atoms with Gasteiger partial charge in [0.2, 0.25) is 0 Å². The molecule has 1 fully saturated rings. The summed E-state index contributed by atoms with van der Waals surface area (Å²) >= 11 is 1.74. The van der Waals surface area contributed by atoms with Gasteiger partial charge in [-0.3, -0.25) is 4.79 Å². The van der Waals surface area contributed by atoms with Crippen LogP contribution in [0.4, 0.5) is 4.79 Å². The van der Waals surface area contributed by atoms with Crippen LogP contribution in [0.1, 0.15) is 55.0 Å². The summed E-state index contributed by atoms with van der Waals surface area (Å²) in [5.74, 6) is -0.854. The molecule has 0 spiro atoms. The summed E-state index contributed by atoms with van der Waals surface area (Å²) in [6.07, 6.45) is 5.61. The Morgan fingerprint density at radius 1 is 1.38 bits per heavy atom. The molecule has 1 aromatic heterocycles. The van der Waals surface area contributed by atoms with Gasteiger partial charge in [0.1, 0.15) is 0 Å². The van der Waals surface area contributed by atoms with Crippen molar-refractivity contribution in [3.63, 3.8) is 0 Å². The summed E-state index contributed by atoms with van der Waals surface area (Å²) in [5.41, 5.74) is 0.685. The Morgan fingerprint density at radius 2 is 2.19 bits per heavy atom. The molecule has 0 radical (unpaired) electrons. The van der Waals surface area contributed by atoms with Crippen molar-refractivity contribution in [2.45, 2.75) is 56.5 Å². The van der Waals surface area contributed by atoms with Crippen molar-refractivity contribution in [1.29, 1.82) is 0 Å². The van der Waals surface area contributed by atoms with E-state index in [1.807, 2.05) is 0 Å². The van der Waals surface area contributed by atoms with Crippen LogP contribution in [-0.4, -0.2) is 22.6 Å². The van der Waals surface area contributed by atoms with E-state index in [0.29, 0.717) is 0 Å². The molecule has 3 rings (SSSR count). The second-order valence-electron chi connectivity index (χ2n) is 6.05. The number of aryl methyl sites for hydroxylation is 1. The zero-order valence-corrected chi connectivity index (χ0v) is 12.7. The van der Waals surface area contributed by atoms with Gasteiger partial charge in [-0.05, 0) is 55.5 Å². The molecule has 1 saturated carbocycles. The Balaban J connectivity index is 1.61. The molecule has 0 aliphatic heterocycles. The van der Waals surface area contributed by atoms with Gasteiger partial charge < -0.3 is 15.7 Å². The molecule has 3 N–H and O–H groups in total. The standard InChI is InChI=1S/C15H20N2O3S/c18-13(19)9-15(6-2-7-15)17-14(20)16-11-3-1-4-12-10(11)5-8-21-12/h5,8,11H,1-4,6-7,9H2,(H,18,19)(H2,16,17,20). The van der Waals surface area contributed by atoms with E-state index in [0.717, 1.165) is 38.5 Å². The molecule has 6 heteroatoms. The van der Waals surface area contributed by atoms with Crippen LogP contribution in [0.2, 0.25) is 0 Å². The summed E-state index contributed by atoms with van der Waals surface area (Å²) in [6, 6.07) is 1.91. The number of hydrogen-bond donors (Lipinski definition) is 3. The molecule has 0 bridgehead atoms. The Bertz CT molecular complexity index is 551. The maximum Gasteiger partial charge on any atom is 0.315 e. The fourth-order valence-corrected chi connectivity index (χ4v) is 4.30. The number of amides is 2. The number of thiophene rings is 1. The third kappa shape index (κ3) is 3.05. The summed E-state index contributed by atoms with van der Waals surface area (Å²) < 4.78 is 0. The van der Waals surface area contributed by atoms with E-state index < -0.39 is 11.5 Å². The van der Waals surface area contributed by atoms with E-state index in [-0.39, 0.29) is 18.5 Å². The van der Waals surface area contributed by atoms with Crippen molar-refractivity contribution in [1.82, 2.24) is 10.6 Å². The fraction of sp³-hybridized carbons (Fsp3) is 0.600. The van der Waals surface area contributed by atoms with Gasteiger partial charge in [-0.15, -0.1) is 11.3 Å². The monoisotopic (exact) mass is 308 g/mol. The number of fused-ring (bicyclic) bond motifs is 1. The van der Waals surface area contributed by atoms with Gasteiger partial charge in [-0.1, -0.05) is 0 Å². The van der Waals surface area contributed by atoms with Gasteiger partial charge in [-0.2, -0.15) is 0 Å². The van der Waals surface area contributed by atoms with E-state index in [9.17, 15) is 9.59 Å². The highest BCUT2D eigenvalue weighted by Gasteiger charge is 2.40. The number of urea groups is 1. The number of nitrogens with one attached hydrogen (secondary N) is 2. The van der Waals surface area contributed by atoms with Gasteiger partial charge in [-0.25, -0.2) is 4.79 Å². The molecule has 0 aromatic carbocycles. The van der Waals surface area contributed by atoms with E-state index in [1.54, 1.807) is 11.3 Å². The van der Waals surface area contributed by atoms with Crippen LogP contribution >= 0.6 is 11.3 Å². The number of carboxylic acids is 1. The average molecular weight is 308 g/mol. The molecule has 21 heavy (non-hydrogen) atoms. The Labute approximate surface area is 127 Å². The first kappa shape index (κ1) is 14.4. The number of hydrogen-bond acceptors (Lipinski definition) is 3. The molecule has 1 unspecified atom stereocenters. The normalized spacial score (nSPS) is 22.8. The predicted molar refractivity (Wildman–Crippen MR) is 80.5 cm³/mol. The van der Waals surface area contributed by atoms with Crippen LogP contribution in [0.25, 0.3) is 0 Å². The fourth-order valence-electron chi connectivity index (χ4n) is 3.31. The van der Waals surface area contributed by atoms with Crippen molar-refractivity contribution in [2.24, 2.45) is 0 Å². The van der Waals surface area contributed by atoms with Crippen molar-refractivity contribution < 1.29 is 14.7 Å². The lowest BCUT2D eigenvalue weighted by Crippen LogP contribution is -2.57. The zero-order chi connectivity index (χ0) is 14.9. The summed E-state index contributed by atoms with van der Waals surface area (Å²) in [4.78, 5) is 24.5. The molecule has 2 aliphatic rings. The van der Waals surface area contributed by atoms with E-state index in [4.69, 9.17) is 5.11 Å². The number of carboxylic acid groups (broad SMARTS) is 1. The van der Waals surface area contributed by atoms with E-state index in [2.05, 4.69) is 22.1 Å². The molecule has 5 nitrogen and oxygen atoms in total. The minimum absolute atomic E-state index is 0.00872. The second kappa shape index (κ2) is 5.67. The van der Waals surface area contributed by atoms with E-state index in [1.165, 1.54) is 10.4 Å². The van der Waals surface area contributed by atoms with Gasteiger partial charge in [0, 0.05) is 4.88 Å². The van der Waals surface area contributed by atoms with Crippen LogP contribution in [-0.2, 0) is 11.2 Å². The molecule has 2 aliphatic carbocycles. The minimum Gasteiger partial charge on any atom is -0.481 e. The lowest BCUT2D eigenvalue weighted by molar-refractivity contribution is -0.139. The SMILES string of the molecule is O=C(O)CC1(NC(=O)NC2CCCc3sccc32)CCC1. The highest BCUT2D eigenvalue weighted by Crippen LogP contribution is 2.36. The number of carbonyl (C=O) groups excluding carboxylic acids is 1. The highest BCUT2D eigenvalue weighted by molar-refractivity contribution is 7.10. The Hall–Kier alpha value is -1.56. The first-order valence-corrected chi connectivity index (χ1v) is 8.33. The van der Waals surface area contributed by atoms with Crippen LogP contribution in [0.5, 0.6) is 0 Å². The predicted octanol–water partition coefficient (Wildman–Crippen LogP) is 2.82. The molecule has 114 valence electrons. The maximum atomic E-state index is 12.2. The molecule has 1 aromatic rings. The van der Waals surface area contributed by atoms with Crippen LogP contribution in [0, 0.1) is 0 Å². The highest BCUT2D eigenvalue weighted by atomic mass is 32.1. The summed E-state index contributed by atoms with van der Waals surface area (Å²) in [7, 11) is 0. The van der Waals surface area contributed by atoms with E-state index >= 15 is 0 Å². The smallest absolute Gasteiger partial charge is 0.315 e. The molecule has 1 atom stereocenters. The zero-order valence-electron chi connectivity index (χ0n) is 11.9. The van der Waals surface area contributed by atoms with Gasteiger partial charge in [0.25, 0.3) is 0 Å². The number of aliphatic carboxylic acids is 1. The summed E-state index contributed by atoms with van der Waals surface area (Å²) in [5, 5.41) is 17.0. The van der Waals surface area contributed by atoms with Gasteiger partial charge in [0.05, 0.1) is 18.0 Å². The van der Waals surface area contributed by atoms with Gasteiger partial charge >= 0.3 is 12.0 Å². The topological polar surface area (TPSA) is 78.4 Å². The summed E-state index contributed by atoms with van der Waals surface area (Å²) in [6.45, 7) is 0. The largest absolute Gasteiger partial charge is 0.481 e. The van der Waals surface area contributed by atoms with Crippen molar-refractivity contribution >= 4 is 23.3 Å². The molecular formula is C15H20N2O3S. The average Bonchev–Trinajstić information content (AvgIpc) is 2.85. The molecular weight excluding hydrogens is 288 g/mol. The number of rotatable bonds is 4. The van der Waals surface area contributed by atoms with Crippen LogP contribution in [0.15, 0.2) is 11.4 Å². The third-order valence-electron chi connectivity index (χ3n) is 4.54. The second-order valence-corrected chi connectivity index (χ2v) is 7.05. The third-order valence-corrected chi connectivity index (χ3v) is 5.53. The lowest BCUT2D eigenvalue weighted by Gasteiger charge is -2.41. The molecule has 0 saturated heterocycles. The van der Waals surface area contributed by atoms with Crippen LogP contribution in [0.3, 0.4) is 0 Å². The van der Waals surface area contributed by atoms with Crippen molar-refractivity contribution in [3.05, 3.63) is 21.9 Å².